The lowest BCUT2D eigenvalue weighted by molar-refractivity contribution is -0.144. The van der Waals surface area contributed by atoms with Crippen LogP contribution in [0.25, 0.3) is 0 Å². The number of carbonyl (C=O) groups excluding carboxylic acids is 6. The molecule has 3 atom stereocenters. The zero-order valence-corrected chi connectivity index (χ0v) is 25.2. The largest absolute Gasteiger partial charge is 0.467 e. The number of ether oxygens (including phenoxy) is 1. The van der Waals surface area contributed by atoms with Crippen LogP contribution in [0, 0.1) is 5.41 Å². The van der Waals surface area contributed by atoms with E-state index in [0.29, 0.717) is 18.6 Å². The van der Waals surface area contributed by atoms with E-state index in [1.807, 2.05) is 0 Å². The van der Waals surface area contributed by atoms with Gasteiger partial charge in [-0.15, -0.1) is 6.58 Å². The van der Waals surface area contributed by atoms with Gasteiger partial charge in [0.2, 0.25) is 23.5 Å². The summed E-state index contributed by atoms with van der Waals surface area (Å²) in [4.78, 5) is 78.2. The van der Waals surface area contributed by atoms with Gasteiger partial charge in [-0.2, -0.15) is 0 Å². The van der Waals surface area contributed by atoms with Crippen molar-refractivity contribution in [3.63, 3.8) is 0 Å². The minimum atomic E-state index is -1.25. The van der Waals surface area contributed by atoms with E-state index in [4.69, 9.17) is 9.15 Å². The highest BCUT2D eigenvalue weighted by molar-refractivity contribution is 6.38. The van der Waals surface area contributed by atoms with Crippen LogP contribution in [0.4, 0.5) is 4.79 Å². The maximum atomic E-state index is 13.6. The molecule has 1 saturated heterocycles. The van der Waals surface area contributed by atoms with Crippen molar-refractivity contribution < 1.29 is 37.9 Å². The molecule has 0 aliphatic carbocycles. The fraction of sp³-hybridized carbons (Fsp3) is 0.586. The highest BCUT2D eigenvalue weighted by Crippen LogP contribution is 2.26. The molecule has 13 heteroatoms. The molecule has 42 heavy (non-hydrogen) atoms. The molecular weight excluding hydrogens is 546 g/mol. The van der Waals surface area contributed by atoms with Crippen molar-refractivity contribution in [1.82, 2.24) is 26.2 Å². The summed E-state index contributed by atoms with van der Waals surface area (Å²) < 4.78 is 10.4. The van der Waals surface area contributed by atoms with Gasteiger partial charge in [-0.25, -0.2) is 4.79 Å². The number of furan rings is 1. The molecule has 0 aromatic carbocycles. The quantitative estimate of drug-likeness (QED) is 0.210. The molecule has 3 unspecified atom stereocenters. The highest BCUT2D eigenvalue weighted by atomic mass is 16.6. The number of rotatable bonds is 12. The summed E-state index contributed by atoms with van der Waals surface area (Å²) in [5.74, 6) is -3.11. The first-order chi connectivity index (χ1) is 19.5. The lowest BCUT2D eigenvalue weighted by atomic mass is 9.85. The van der Waals surface area contributed by atoms with Crippen molar-refractivity contribution in [2.24, 2.45) is 5.41 Å². The number of nitrogens with one attached hydrogen (secondary N) is 4. The Bertz CT molecular complexity index is 1150. The first-order valence-corrected chi connectivity index (χ1v) is 13.9. The molecule has 0 radical (unpaired) electrons. The molecule has 1 aliphatic heterocycles. The molecule has 0 saturated carbocycles. The van der Waals surface area contributed by atoms with Crippen molar-refractivity contribution in [3.8, 4) is 0 Å². The fourth-order valence-corrected chi connectivity index (χ4v) is 4.28. The molecule has 1 aliphatic rings. The van der Waals surface area contributed by atoms with E-state index in [2.05, 4.69) is 27.8 Å². The van der Waals surface area contributed by atoms with Crippen LogP contribution in [-0.4, -0.2) is 77.2 Å². The highest BCUT2D eigenvalue weighted by Gasteiger charge is 2.43. The third-order valence-corrected chi connectivity index (χ3v) is 6.32. The minimum absolute atomic E-state index is 0.0475. The minimum Gasteiger partial charge on any atom is -0.467 e. The number of ketones is 1. The number of amides is 5. The van der Waals surface area contributed by atoms with Gasteiger partial charge >= 0.3 is 6.09 Å². The monoisotopic (exact) mass is 589 g/mol. The summed E-state index contributed by atoms with van der Waals surface area (Å²) in [6.07, 6.45) is 2.89. The van der Waals surface area contributed by atoms with Crippen LogP contribution >= 0.6 is 0 Å². The van der Waals surface area contributed by atoms with Gasteiger partial charge in [0.25, 0.3) is 5.91 Å². The van der Waals surface area contributed by atoms with E-state index in [1.165, 1.54) is 17.2 Å². The van der Waals surface area contributed by atoms with Gasteiger partial charge in [-0.3, -0.25) is 24.0 Å². The Kier molecular flexibility index (Phi) is 11.9. The van der Waals surface area contributed by atoms with Crippen LogP contribution in [0.5, 0.6) is 0 Å². The van der Waals surface area contributed by atoms with Gasteiger partial charge in [0.05, 0.1) is 19.4 Å². The summed E-state index contributed by atoms with van der Waals surface area (Å²) >= 11 is 0. The molecule has 4 N–H and O–H groups in total. The smallest absolute Gasteiger partial charge is 0.408 e. The van der Waals surface area contributed by atoms with Crippen molar-refractivity contribution in [2.75, 3.05) is 13.1 Å². The Hall–Kier alpha value is -4.16. The van der Waals surface area contributed by atoms with Gasteiger partial charge in [0, 0.05) is 6.54 Å². The van der Waals surface area contributed by atoms with Crippen molar-refractivity contribution in [1.29, 1.82) is 0 Å². The first-order valence-electron chi connectivity index (χ1n) is 13.9. The lowest BCUT2D eigenvalue weighted by Gasteiger charge is -2.36. The number of hydrogen-bond donors (Lipinski definition) is 4. The van der Waals surface area contributed by atoms with E-state index in [0.717, 1.165) is 0 Å². The Morgan fingerprint density at radius 1 is 1.10 bits per heavy atom. The zero-order chi connectivity index (χ0) is 31.7. The van der Waals surface area contributed by atoms with Gasteiger partial charge in [-0.1, -0.05) is 26.8 Å². The van der Waals surface area contributed by atoms with Crippen molar-refractivity contribution in [2.45, 2.75) is 91.1 Å². The van der Waals surface area contributed by atoms with Crippen molar-refractivity contribution in [3.05, 3.63) is 36.8 Å². The summed E-state index contributed by atoms with van der Waals surface area (Å²) in [5.41, 5.74) is -1.48. The number of likely N-dealkylation sites (tertiary alicyclic amines) is 1. The third kappa shape index (κ3) is 10.3. The normalized spacial score (nSPS) is 16.5. The summed E-state index contributed by atoms with van der Waals surface area (Å²) in [6, 6.07) is 0.178. The Morgan fingerprint density at radius 2 is 1.79 bits per heavy atom. The zero-order valence-electron chi connectivity index (χ0n) is 25.2. The second kappa shape index (κ2) is 14.6. The van der Waals surface area contributed by atoms with Crippen LogP contribution < -0.4 is 21.3 Å². The van der Waals surface area contributed by atoms with E-state index in [1.54, 1.807) is 53.7 Å². The maximum absolute atomic E-state index is 13.6. The second-order valence-electron chi connectivity index (χ2n) is 12.1. The maximum Gasteiger partial charge on any atom is 0.408 e. The molecule has 1 aromatic rings. The Morgan fingerprint density at radius 3 is 2.36 bits per heavy atom. The molecule has 2 rings (SSSR count). The van der Waals surface area contributed by atoms with Gasteiger partial charge < -0.3 is 35.3 Å². The fourth-order valence-electron chi connectivity index (χ4n) is 4.28. The van der Waals surface area contributed by atoms with Crippen molar-refractivity contribution >= 4 is 35.5 Å². The summed E-state index contributed by atoms with van der Waals surface area (Å²) in [5, 5.41) is 10.0. The second-order valence-corrected chi connectivity index (χ2v) is 12.1. The van der Waals surface area contributed by atoms with E-state index in [9.17, 15) is 28.8 Å². The Balaban J connectivity index is 2.04. The van der Waals surface area contributed by atoms with Crippen LogP contribution in [0.3, 0.4) is 0 Å². The lowest BCUT2D eigenvalue weighted by Crippen LogP contribution is -2.59. The molecule has 2 heterocycles. The first kappa shape index (κ1) is 34.0. The van der Waals surface area contributed by atoms with Gasteiger partial charge in [-0.05, 0) is 57.6 Å². The van der Waals surface area contributed by atoms with Crippen LogP contribution in [0.15, 0.2) is 35.5 Å². The van der Waals surface area contributed by atoms with E-state index >= 15 is 0 Å². The van der Waals surface area contributed by atoms with Crippen LogP contribution in [-0.2, 0) is 35.3 Å². The number of alkyl carbamates (subject to hydrolysis) is 1. The average Bonchev–Trinajstić information content (AvgIpc) is 3.59. The molecule has 0 bridgehead atoms. The standard InChI is InChI=1S/C29H43N5O8/c1-8-11-19(22(36)25(38)31-17-21(35)30-16-18-12-10-15-41-18)32-24(37)20-13-9-14-34(20)26(39)23(28(2,3)4)33-27(40)42-29(5,6)7/h8,10,12,15,19-20,23H,1,9,11,13-14,16-17H2,2-7H3,(H,30,35)(H,31,38)(H,32,37)(H,33,40). The van der Waals surface area contributed by atoms with Gasteiger partial charge in [0.1, 0.15) is 29.5 Å². The predicted molar refractivity (Wildman–Crippen MR) is 153 cm³/mol. The predicted octanol–water partition coefficient (Wildman–Crippen LogP) is 1.57. The van der Waals surface area contributed by atoms with E-state index < -0.39 is 71.2 Å². The molecule has 13 nitrogen and oxygen atoms in total. The molecular formula is C29H43N5O8. The Labute approximate surface area is 246 Å². The SMILES string of the molecule is C=CCC(NC(=O)C1CCCN1C(=O)C(NC(=O)OC(C)(C)C)C(C)(C)C)C(=O)C(=O)NCC(=O)NCc1ccco1. The molecule has 232 valence electrons. The molecule has 1 fully saturated rings. The molecule has 0 spiro atoms. The van der Waals surface area contributed by atoms with Gasteiger partial charge in [0.15, 0.2) is 0 Å². The topological polar surface area (TPSA) is 176 Å². The molecule has 5 amide bonds. The molecule has 1 aromatic heterocycles. The number of nitrogens with zero attached hydrogens (tertiary/aromatic N) is 1. The summed E-state index contributed by atoms with van der Waals surface area (Å²) in [6.45, 7) is 14.0. The number of hydrogen-bond acceptors (Lipinski definition) is 8. The number of Topliss-reactive ketones (excluding diaryl/α,β-unsaturated/α-hetero) is 1. The third-order valence-electron chi connectivity index (χ3n) is 6.32. The summed E-state index contributed by atoms with van der Waals surface area (Å²) in [7, 11) is 0. The van der Waals surface area contributed by atoms with Crippen LogP contribution in [0.1, 0.15) is 66.6 Å². The average molecular weight is 590 g/mol. The van der Waals surface area contributed by atoms with E-state index in [-0.39, 0.29) is 19.5 Å². The number of carbonyl (C=O) groups is 6. The van der Waals surface area contributed by atoms with Crippen LogP contribution in [0.2, 0.25) is 0 Å².